The van der Waals surface area contributed by atoms with Gasteiger partial charge in [0.2, 0.25) is 29.5 Å². The molecular weight excluding hydrogens is 656 g/mol. The second-order valence-electron chi connectivity index (χ2n) is 14.7. The lowest BCUT2D eigenvalue weighted by Crippen LogP contribution is -2.62. The maximum atomic E-state index is 14.1. The van der Waals surface area contributed by atoms with Crippen LogP contribution in [-0.4, -0.2) is 102 Å². The number of nitrogens with one attached hydrogen (secondary N) is 4. The van der Waals surface area contributed by atoms with Gasteiger partial charge >= 0.3 is 5.97 Å². The van der Waals surface area contributed by atoms with Crippen LogP contribution in [0.2, 0.25) is 0 Å². The van der Waals surface area contributed by atoms with Gasteiger partial charge in [-0.1, -0.05) is 92.9 Å². The molecule has 0 spiro atoms. The quantitative estimate of drug-likeness (QED) is 0.108. The van der Waals surface area contributed by atoms with E-state index in [1.807, 2.05) is 20.8 Å². The van der Waals surface area contributed by atoms with E-state index in [9.17, 15) is 33.9 Å². The van der Waals surface area contributed by atoms with Gasteiger partial charge in [-0.25, -0.2) is 4.79 Å². The third-order valence-electron chi connectivity index (χ3n) is 9.81. The summed E-state index contributed by atoms with van der Waals surface area (Å²) in [6.45, 7) is 13.7. The molecule has 14 heteroatoms. The SMILES string of the molecule is CCCCCCCCCC[C@H]1OC(=O)[C@H](C)NC(=O)[C@H]([C@H](C)O)NC(=O)C(CN)NC(=O)[C@H]([C@H](C)CC)NC(=O)[C@H](CC(C)C)N(C)C(=O)[C@@H]1C. The number of carbonyl (C=O) groups excluding carboxylic acids is 6. The molecule has 1 rings (SSSR count). The van der Waals surface area contributed by atoms with E-state index < -0.39 is 83.8 Å². The summed E-state index contributed by atoms with van der Waals surface area (Å²) < 4.78 is 5.92. The highest BCUT2D eigenvalue weighted by atomic mass is 16.5. The van der Waals surface area contributed by atoms with Gasteiger partial charge in [0.1, 0.15) is 36.3 Å². The van der Waals surface area contributed by atoms with Gasteiger partial charge in [0.15, 0.2) is 0 Å². The average Bonchev–Trinajstić information content (AvgIpc) is 3.08. The van der Waals surface area contributed by atoms with Crippen LogP contribution in [0.15, 0.2) is 0 Å². The van der Waals surface area contributed by atoms with Crippen LogP contribution in [-0.2, 0) is 33.5 Å². The van der Waals surface area contributed by atoms with E-state index in [1.165, 1.54) is 45.1 Å². The van der Waals surface area contributed by atoms with Gasteiger partial charge in [-0.05, 0) is 44.9 Å². The van der Waals surface area contributed by atoms with Crippen molar-refractivity contribution in [1.29, 1.82) is 0 Å². The number of likely N-dealkylation sites (N-methyl/N-ethyl adjacent to an activating group) is 1. The van der Waals surface area contributed by atoms with E-state index in [0.29, 0.717) is 25.7 Å². The number of aliphatic hydroxyl groups excluding tert-OH is 1. The molecule has 1 aliphatic rings. The zero-order valence-electron chi connectivity index (χ0n) is 32.6. The van der Waals surface area contributed by atoms with Crippen LogP contribution < -0.4 is 27.0 Å². The van der Waals surface area contributed by atoms with Gasteiger partial charge in [0, 0.05) is 13.6 Å². The predicted molar refractivity (Wildman–Crippen MR) is 196 cm³/mol. The lowest BCUT2D eigenvalue weighted by Gasteiger charge is -2.34. The van der Waals surface area contributed by atoms with Crippen molar-refractivity contribution in [1.82, 2.24) is 26.2 Å². The lowest BCUT2D eigenvalue weighted by molar-refractivity contribution is -0.160. The number of ether oxygens (including phenoxy) is 1. The largest absolute Gasteiger partial charge is 0.460 e. The van der Waals surface area contributed by atoms with Crippen LogP contribution in [0.1, 0.15) is 126 Å². The highest BCUT2D eigenvalue weighted by Gasteiger charge is 2.39. The third-order valence-corrected chi connectivity index (χ3v) is 9.81. The second-order valence-corrected chi connectivity index (χ2v) is 14.7. The van der Waals surface area contributed by atoms with Crippen LogP contribution in [0.3, 0.4) is 0 Å². The Bertz CT molecular complexity index is 1130. The molecule has 294 valence electrons. The van der Waals surface area contributed by atoms with Crippen molar-refractivity contribution in [3.05, 3.63) is 0 Å². The summed E-state index contributed by atoms with van der Waals surface area (Å²) in [6, 6.07) is -6.02. The zero-order chi connectivity index (χ0) is 38.8. The summed E-state index contributed by atoms with van der Waals surface area (Å²) in [6.07, 6.45) is 7.40. The van der Waals surface area contributed by atoms with Crippen molar-refractivity contribution < 1.29 is 38.6 Å². The standard InChI is InChI=1S/C37H68N6O8/c1-10-12-13-14-15-16-17-18-19-29-24(6)36(49)43(9)28(20-22(3)4)33(46)41-30(23(5)11-2)34(47)40-27(21-38)32(45)42-31(26(8)44)35(48)39-25(7)37(50)51-29/h22-31,44H,10-21,38H2,1-9H3,(H,39,48)(H,40,47)(H,41,46)(H,42,45)/t23-,24-,25+,26+,27?,28+,29-,30+,31+/m1/s1. The molecule has 1 heterocycles. The summed E-state index contributed by atoms with van der Waals surface area (Å²) in [4.78, 5) is 83.0. The molecule has 0 aromatic carbocycles. The van der Waals surface area contributed by atoms with E-state index in [1.54, 1.807) is 13.8 Å². The van der Waals surface area contributed by atoms with Crippen LogP contribution in [0.25, 0.3) is 0 Å². The summed E-state index contributed by atoms with van der Waals surface area (Å²) in [5, 5.41) is 20.7. The number of amides is 5. The van der Waals surface area contributed by atoms with E-state index in [-0.39, 0.29) is 18.4 Å². The molecule has 1 aliphatic heterocycles. The number of esters is 1. The molecule has 14 nitrogen and oxygen atoms in total. The molecule has 0 aliphatic carbocycles. The first kappa shape index (κ1) is 45.8. The number of unbranched alkanes of at least 4 members (excludes halogenated alkanes) is 7. The van der Waals surface area contributed by atoms with Crippen molar-refractivity contribution in [2.45, 2.75) is 168 Å². The van der Waals surface area contributed by atoms with Gasteiger partial charge in [0.25, 0.3) is 0 Å². The number of nitrogens with two attached hydrogens (primary N) is 1. The summed E-state index contributed by atoms with van der Waals surface area (Å²) in [7, 11) is 1.54. The fourth-order valence-corrected chi connectivity index (χ4v) is 6.13. The maximum Gasteiger partial charge on any atom is 0.328 e. The Kier molecular flexibility index (Phi) is 20.9. The minimum Gasteiger partial charge on any atom is -0.460 e. The van der Waals surface area contributed by atoms with Gasteiger partial charge in [0.05, 0.1) is 12.0 Å². The minimum atomic E-state index is -1.50. The van der Waals surface area contributed by atoms with Crippen LogP contribution in [0.4, 0.5) is 0 Å². The van der Waals surface area contributed by atoms with Gasteiger partial charge in [-0.2, -0.15) is 0 Å². The van der Waals surface area contributed by atoms with Crippen LogP contribution >= 0.6 is 0 Å². The smallest absolute Gasteiger partial charge is 0.328 e. The van der Waals surface area contributed by atoms with E-state index in [0.717, 1.165) is 25.7 Å². The zero-order valence-corrected chi connectivity index (χ0v) is 32.6. The maximum absolute atomic E-state index is 14.1. The third kappa shape index (κ3) is 15.1. The predicted octanol–water partition coefficient (Wildman–Crippen LogP) is 2.30. The Morgan fingerprint density at radius 3 is 1.84 bits per heavy atom. The molecule has 0 radical (unpaired) electrons. The molecule has 1 fully saturated rings. The number of cyclic esters (lactones) is 1. The number of nitrogens with zero attached hydrogens (tertiary/aromatic N) is 1. The number of hydrogen-bond donors (Lipinski definition) is 6. The van der Waals surface area contributed by atoms with Crippen LogP contribution in [0.5, 0.6) is 0 Å². The van der Waals surface area contributed by atoms with Crippen LogP contribution in [0, 0.1) is 17.8 Å². The molecule has 9 atom stereocenters. The monoisotopic (exact) mass is 725 g/mol. The Balaban J connectivity index is 3.58. The Morgan fingerprint density at radius 1 is 0.765 bits per heavy atom. The van der Waals surface area contributed by atoms with E-state index in [4.69, 9.17) is 10.5 Å². The van der Waals surface area contributed by atoms with Crippen molar-refractivity contribution in [2.75, 3.05) is 13.6 Å². The highest BCUT2D eigenvalue weighted by molar-refractivity contribution is 5.96. The van der Waals surface area contributed by atoms with Crippen molar-refractivity contribution in [3.63, 3.8) is 0 Å². The number of hydrogen-bond acceptors (Lipinski definition) is 9. The molecule has 1 saturated heterocycles. The van der Waals surface area contributed by atoms with Crippen molar-refractivity contribution in [2.24, 2.45) is 23.5 Å². The number of rotatable bonds is 15. The molecule has 0 bridgehead atoms. The Morgan fingerprint density at radius 2 is 1.31 bits per heavy atom. The molecule has 0 aromatic rings. The first-order valence-corrected chi connectivity index (χ1v) is 19.1. The molecule has 0 saturated carbocycles. The Labute approximate surface area is 305 Å². The fourth-order valence-electron chi connectivity index (χ4n) is 6.13. The summed E-state index contributed by atoms with van der Waals surface area (Å²) in [5.41, 5.74) is 5.85. The van der Waals surface area contributed by atoms with Crippen molar-refractivity contribution in [3.8, 4) is 0 Å². The van der Waals surface area contributed by atoms with E-state index >= 15 is 0 Å². The number of aliphatic hydroxyl groups is 1. The summed E-state index contributed by atoms with van der Waals surface area (Å²) in [5.74, 6) is -5.27. The first-order valence-electron chi connectivity index (χ1n) is 19.1. The lowest BCUT2D eigenvalue weighted by atomic mass is 9.94. The van der Waals surface area contributed by atoms with Gasteiger partial charge in [-0.3, -0.25) is 24.0 Å². The summed E-state index contributed by atoms with van der Waals surface area (Å²) >= 11 is 0. The van der Waals surface area contributed by atoms with Gasteiger partial charge < -0.3 is 41.7 Å². The normalized spacial score (nSPS) is 27.7. The molecule has 51 heavy (non-hydrogen) atoms. The van der Waals surface area contributed by atoms with Crippen molar-refractivity contribution >= 4 is 35.5 Å². The Hall–Kier alpha value is -3.26. The molecule has 5 amide bonds. The first-order chi connectivity index (χ1) is 24.0. The molecule has 7 N–H and O–H groups in total. The highest BCUT2D eigenvalue weighted by Crippen LogP contribution is 2.23. The molecule has 0 aromatic heterocycles. The number of carbonyl (C=O) groups is 6. The van der Waals surface area contributed by atoms with Gasteiger partial charge in [-0.15, -0.1) is 0 Å². The topological polar surface area (TPSA) is 209 Å². The molecular formula is C37H68N6O8. The second kappa shape index (κ2) is 23.3. The molecule has 1 unspecified atom stereocenters. The van der Waals surface area contributed by atoms with E-state index in [2.05, 4.69) is 28.2 Å². The average molecular weight is 725 g/mol. The fraction of sp³-hybridized carbons (Fsp3) is 0.838. The minimum absolute atomic E-state index is 0.00591.